The van der Waals surface area contributed by atoms with Gasteiger partial charge in [0.15, 0.2) is 0 Å². The van der Waals surface area contributed by atoms with Crippen molar-refractivity contribution in [2.45, 2.75) is 6.92 Å². The molecule has 14 heavy (non-hydrogen) atoms. The van der Waals surface area contributed by atoms with Crippen LogP contribution in [0.15, 0.2) is 30.3 Å². The first kappa shape index (κ1) is 10.8. The molecule has 1 aromatic rings. The second kappa shape index (κ2) is 5.45. The molecule has 1 aromatic carbocycles. The smallest absolute Gasteiger partial charge is 0.221 e. The van der Waals surface area contributed by atoms with Gasteiger partial charge in [0, 0.05) is 18.5 Å². The number of carbonyl (C=O) groups is 1. The summed E-state index contributed by atoms with van der Waals surface area (Å²) < 4.78 is 0. The maximum absolute atomic E-state index is 10.8. The molecule has 0 aromatic heterocycles. The van der Waals surface area contributed by atoms with Crippen molar-refractivity contribution in [3.8, 4) is 0 Å². The van der Waals surface area contributed by atoms with Gasteiger partial charge in [-0.25, -0.2) is 0 Å². The third-order valence-electron chi connectivity index (χ3n) is 1.61. The summed E-state index contributed by atoms with van der Waals surface area (Å²) in [6, 6.07) is 7.58. The quantitative estimate of drug-likeness (QED) is 0.763. The van der Waals surface area contributed by atoms with E-state index in [1.807, 2.05) is 36.4 Å². The van der Waals surface area contributed by atoms with Crippen LogP contribution in [-0.4, -0.2) is 11.8 Å². The summed E-state index contributed by atoms with van der Waals surface area (Å²) in [7, 11) is 0. The molecule has 74 valence electrons. The molecule has 0 aliphatic carbocycles. The lowest BCUT2D eigenvalue weighted by Crippen LogP contribution is -2.05. The Labute approximate surface area is 88.6 Å². The van der Waals surface area contributed by atoms with E-state index in [1.165, 1.54) is 6.92 Å². The molecule has 1 N–H and O–H groups in total. The lowest BCUT2D eigenvalue weighted by molar-refractivity contribution is -0.114. The summed E-state index contributed by atoms with van der Waals surface area (Å²) >= 11 is 5.52. The molecule has 0 saturated carbocycles. The van der Waals surface area contributed by atoms with Crippen LogP contribution in [-0.2, 0) is 4.79 Å². The molecule has 0 aliphatic rings. The van der Waals surface area contributed by atoms with Crippen LogP contribution in [0.25, 0.3) is 6.08 Å². The van der Waals surface area contributed by atoms with Crippen molar-refractivity contribution in [3.63, 3.8) is 0 Å². The number of halogens is 1. The number of carbonyl (C=O) groups excluding carboxylic acids is 1. The van der Waals surface area contributed by atoms with Gasteiger partial charge in [0.25, 0.3) is 0 Å². The number of anilines is 1. The lowest BCUT2D eigenvalue weighted by Gasteiger charge is -2.02. The summed E-state index contributed by atoms with van der Waals surface area (Å²) in [5, 5.41) is 2.72. The molecule has 2 nitrogen and oxygen atoms in total. The van der Waals surface area contributed by atoms with Crippen LogP contribution in [0.3, 0.4) is 0 Å². The zero-order chi connectivity index (χ0) is 10.4. The third kappa shape index (κ3) is 3.62. The van der Waals surface area contributed by atoms with Crippen molar-refractivity contribution in [1.82, 2.24) is 0 Å². The number of hydrogen-bond acceptors (Lipinski definition) is 1. The van der Waals surface area contributed by atoms with E-state index in [2.05, 4.69) is 5.32 Å². The second-order valence-electron chi connectivity index (χ2n) is 2.86. The van der Waals surface area contributed by atoms with Crippen LogP contribution in [0, 0.1) is 0 Å². The number of nitrogens with one attached hydrogen (secondary N) is 1. The minimum atomic E-state index is -0.0662. The van der Waals surface area contributed by atoms with Gasteiger partial charge in [-0.05, 0) is 17.7 Å². The molecule has 0 fully saturated rings. The summed E-state index contributed by atoms with van der Waals surface area (Å²) in [4.78, 5) is 10.8. The van der Waals surface area contributed by atoms with E-state index in [-0.39, 0.29) is 5.91 Å². The Hall–Kier alpha value is -1.28. The first-order chi connectivity index (χ1) is 6.72. The molecule has 0 unspecified atom stereocenters. The minimum absolute atomic E-state index is 0.0662. The Kier molecular flexibility index (Phi) is 4.20. The number of alkyl halides is 1. The maximum Gasteiger partial charge on any atom is 0.221 e. The Balaban J connectivity index is 2.78. The van der Waals surface area contributed by atoms with Gasteiger partial charge < -0.3 is 5.32 Å². The van der Waals surface area contributed by atoms with Crippen molar-refractivity contribution in [1.29, 1.82) is 0 Å². The number of hydrogen-bond donors (Lipinski definition) is 1. The summed E-state index contributed by atoms with van der Waals surface area (Å²) in [5.74, 6) is 0.424. The van der Waals surface area contributed by atoms with Crippen molar-refractivity contribution in [2.24, 2.45) is 0 Å². The van der Waals surface area contributed by atoms with E-state index in [0.29, 0.717) is 5.88 Å². The number of rotatable bonds is 3. The van der Waals surface area contributed by atoms with E-state index in [9.17, 15) is 4.79 Å². The Morgan fingerprint density at radius 3 is 3.00 bits per heavy atom. The van der Waals surface area contributed by atoms with Crippen molar-refractivity contribution < 1.29 is 4.79 Å². The van der Waals surface area contributed by atoms with Gasteiger partial charge >= 0.3 is 0 Å². The van der Waals surface area contributed by atoms with Crippen LogP contribution in [0.5, 0.6) is 0 Å². The highest BCUT2D eigenvalue weighted by molar-refractivity contribution is 6.19. The van der Waals surface area contributed by atoms with E-state index in [1.54, 1.807) is 0 Å². The number of benzene rings is 1. The summed E-state index contributed by atoms with van der Waals surface area (Å²) in [6.45, 7) is 1.49. The van der Waals surface area contributed by atoms with Crippen molar-refractivity contribution in [2.75, 3.05) is 11.2 Å². The molecule has 0 aliphatic heterocycles. The normalized spacial score (nSPS) is 10.4. The van der Waals surface area contributed by atoms with Gasteiger partial charge in [-0.15, -0.1) is 11.6 Å². The van der Waals surface area contributed by atoms with Gasteiger partial charge in [-0.3, -0.25) is 4.79 Å². The largest absolute Gasteiger partial charge is 0.326 e. The first-order valence-electron chi connectivity index (χ1n) is 4.32. The van der Waals surface area contributed by atoms with E-state index in [4.69, 9.17) is 11.6 Å². The summed E-state index contributed by atoms with van der Waals surface area (Å²) in [6.07, 6.45) is 3.77. The third-order valence-corrected chi connectivity index (χ3v) is 1.78. The monoisotopic (exact) mass is 209 g/mol. The van der Waals surface area contributed by atoms with E-state index >= 15 is 0 Å². The van der Waals surface area contributed by atoms with Crippen molar-refractivity contribution in [3.05, 3.63) is 35.9 Å². The molecule has 0 bridgehead atoms. The molecule has 1 rings (SSSR count). The van der Waals surface area contributed by atoms with Crippen LogP contribution >= 0.6 is 11.6 Å². The van der Waals surface area contributed by atoms with E-state index in [0.717, 1.165) is 11.3 Å². The highest BCUT2D eigenvalue weighted by atomic mass is 35.5. The minimum Gasteiger partial charge on any atom is -0.326 e. The predicted molar refractivity (Wildman–Crippen MR) is 60.5 cm³/mol. The lowest BCUT2D eigenvalue weighted by atomic mass is 10.2. The summed E-state index contributed by atoms with van der Waals surface area (Å²) in [5.41, 5.74) is 1.83. The van der Waals surface area contributed by atoms with Crippen LogP contribution in [0.1, 0.15) is 12.5 Å². The fourth-order valence-corrected chi connectivity index (χ4v) is 1.19. The number of allylic oxidation sites excluding steroid dienone is 1. The van der Waals surface area contributed by atoms with Crippen molar-refractivity contribution >= 4 is 29.3 Å². The Bertz CT molecular complexity index is 347. The molecule has 0 atom stereocenters. The predicted octanol–water partition coefficient (Wildman–Crippen LogP) is 2.90. The molecule has 0 heterocycles. The first-order valence-corrected chi connectivity index (χ1v) is 4.86. The molecule has 3 heteroatoms. The molecule has 0 saturated heterocycles. The molecular formula is C11H12ClNO. The highest BCUT2D eigenvalue weighted by Gasteiger charge is 1.94. The SMILES string of the molecule is CC(=O)Nc1cccc(C=CCCl)c1. The van der Waals surface area contributed by atoms with E-state index < -0.39 is 0 Å². The highest BCUT2D eigenvalue weighted by Crippen LogP contribution is 2.11. The van der Waals surface area contributed by atoms with Crippen LogP contribution < -0.4 is 5.32 Å². The second-order valence-corrected chi connectivity index (χ2v) is 3.17. The zero-order valence-corrected chi connectivity index (χ0v) is 8.71. The Morgan fingerprint density at radius 1 is 1.57 bits per heavy atom. The van der Waals surface area contributed by atoms with Gasteiger partial charge in [-0.2, -0.15) is 0 Å². The molecule has 0 spiro atoms. The molecular weight excluding hydrogens is 198 g/mol. The maximum atomic E-state index is 10.8. The topological polar surface area (TPSA) is 29.1 Å². The van der Waals surface area contributed by atoms with Gasteiger partial charge in [-0.1, -0.05) is 24.3 Å². The van der Waals surface area contributed by atoms with Gasteiger partial charge in [0.05, 0.1) is 0 Å². The van der Waals surface area contributed by atoms with Crippen LogP contribution in [0.4, 0.5) is 5.69 Å². The van der Waals surface area contributed by atoms with Gasteiger partial charge in [0.1, 0.15) is 0 Å². The average Bonchev–Trinajstić information content (AvgIpc) is 2.14. The Morgan fingerprint density at radius 2 is 2.36 bits per heavy atom. The number of amides is 1. The van der Waals surface area contributed by atoms with Gasteiger partial charge in [0.2, 0.25) is 5.91 Å². The standard InChI is InChI=1S/C11H12ClNO/c1-9(14)13-11-6-2-4-10(8-11)5-3-7-12/h2-6,8H,7H2,1H3,(H,13,14). The fraction of sp³-hybridized carbons (Fsp3) is 0.182. The van der Waals surface area contributed by atoms with Crippen LogP contribution in [0.2, 0.25) is 0 Å². The fourth-order valence-electron chi connectivity index (χ4n) is 1.10. The molecule has 0 radical (unpaired) electrons. The average molecular weight is 210 g/mol. The zero-order valence-electron chi connectivity index (χ0n) is 7.96. The molecule has 1 amide bonds.